The van der Waals surface area contributed by atoms with Crippen LogP contribution in [0.1, 0.15) is 6.42 Å². The van der Waals surface area contributed by atoms with Crippen molar-refractivity contribution in [3.63, 3.8) is 0 Å². The molecule has 2 heterocycles. The van der Waals surface area contributed by atoms with E-state index in [1.165, 1.54) is 11.3 Å². The molecule has 0 N–H and O–H groups in total. The lowest BCUT2D eigenvalue weighted by Crippen LogP contribution is -2.26. The Balaban J connectivity index is 1.82. The molecule has 1 fully saturated rings. The lowest BCUT2D eigenvalue weighted by Gasteiger charge is -2.17. The standard InChI is InChI=1S/C15H14ClN3O2S/c1-18-6-7-22-15(18)17-14(21)10-8-13(20)19(9-10)12-5-3-2-4-11(12)16/h2-7,10H,8-9H2,1H3/t10-/m1/s1. The first-order valence-electron chi connectivity index (χ1n) is 6.80. The molecule has 0 unspecified atom stereocenters. The molecule has 1 atom stereocenters. The van der Waals surface area contributed by atoms with Crippen LogP contribution in [-0.2, 0) is 16.6 Å². The van der Waals surface area contributed by atoms with Gasteiger partial charge in [-0.3, -0.25) is 9.59 Å². The molecule has 0 bridgehead atoms. The summed E-state index contributed by atoms with van der Waals surface area (Å²) >= 11 is 7.52. The zero-order chi connectivity index (χ0) is 15.7. The quantitative estimate of drug-likeness (QED) is 0.845. The highest BCUT2D eigenvalue weighted by molar-refractivity contribution is 7.07. The summed E-state index contributed by atoms with van der Waals surface area (Å²) in [7, 11) is 1.83. The van der Waals surface area contributed by atoms with Gasteiger partial charge >= 0.3 is 0 Å². The van der Waals surface area contributed by atoms with Gasteiger partial charge in [0, 0.05) is 31.6 Å². The third kappa shape index (κ3) is 2.84. The number of thiazole rings is 1. The van der Waals surface area contributed by atoms with Crippen molar-refractivity contribution in [2.75, 3.05) is 11.4 Å². The fraction of sp³-hybridized carbons (Fsp3) is 0.267. The van der Waals surface area contributed by atoms with E-state index in [9.17, 15) is 9.59 Å². The minimum Gasteiger partial charge on any atom is -0.327 e. The Morgan fingerprint density at radius 1 is 1.41 bits per heavy atom. The number of aromatic nitrogens is 1. The average molecular weight is 336 g/mol. The number of halogens is 1. The Bertz CT molecular complexity index is 796. The highest BCUT2D eigenvalue weighted by Gasteiger charge is 2.35. The van der Waals surface area contributed by atoms with Crippen LogP contribution in [0.3, 0.4) is 0 Å². The lowest BCUT2D eigenvalue weighted by molar-refractivity contribution is -0.123. The second-order valence-electron chi connectivity index (χ2n) is 5.10. The molecule has 1 aromatic heterocycles. The van der Waals surface area contributed by atoms with Gasteiger partial charge in [0.2, 0.25) is 5.91 Å². The number of amides is 2. The molecule has 2 amide bonds. The smallest absolute Gasteiger partial charge is 0.253 e. The molecule has 22 heavy (non-hydrogen) atoms. The fourth-order valence-electron chi connectivity index (χ4n) is 2.40. The largest absolute Gasteiger partial charge is 0.327 e. The molecule has 0 saturated carbocycles. The van der Waals surface area contributed by atoms with Gasteiger partial charge < -0.3 is 9.47 Å². The SMILES string of the molecule is Cn1ccsc1=NC(=O)[C@@H]1CC(=O)N(c2ccccc2Cl)C1. The topological polar surface area (TPSA) is 54.7 Å². The van der Waals surface area contributed by atoms with Gasteiger partial charge in [-0.1, -0.05) is 23.7 Å². The Kier molecular flexibility index (Phi) is 4.13. The predicted octanol–water partition coefficient (Wildman–Crippen LogP) is 2.22. The van der Waals surface area contributed by atoms with Crippen molar-refractivity contribution in [3.05, 3.63) is 45.7 Å². The molecule has 1 saturated heterocycles. The third-order valence-electron chi connectivity index (χ3n) is 3.58. The van der Waals surface area contributed by atoms with Crippen LogP contribution in [0.4, 0.5) is 5.69 Å². The zero-order valence-corrected chi connectivity index (χ0v) is 13.5. The van der Waals surface area contributed by atoms with Crippen LogP contribution in [0.5, 0.6) is 0 Å². The number of nitrogens with zero attached hydrogens (tertiary/aromatic N) is 3. The molecule has 1 aromatic carbocycles. The maximum Gasteiger partial charge on any atom is 0.253 e. The molecule has 0 radical (unpaired) electrons. The number of benzene rings is 1. The van der Waals surface area contributed by atoms with Crippen LogP contribution in [0.15, 0.2) is 40.8 Å². The molecule has 0 aliphatic carbocycles. The highest BCUT2D eigenvalue weighted by atomic mass is 35.5. The van der Waals surface area contributed by atoms with E-state index < -0.39 is 5.92 Å². The minimum absolute atomic E-state index is 0.0998. The second kappa shape index (κ2) is 6.06. The van der Waals surface area contributed by atoms with Gasteiger partial charge in [0.1, 0.15) is 0 Å². The van der Waals surface area contributed by atoms with Crippen molar-refractivity contribution >= 4 is 40.4 Å². The van der Waals surface area contributed by atoms with Gasteiger partial charge in [-0.05, 0) is 12.1 Å². The average Bonchev–Trinajstić information content (AvgIpc) is 3.06. The van der Waals surface area contributed by atoms with Crippen LogP contribution < -0.4 is 9.70 Å². The molecular formula is C15H14ClN3O2S. The molecule has 114 valence electrons. The van der Waals surface area contributed by atoms with E-state index in [-0.39, 0.29) is 18.2 Å². The van der Waals surface area contributed by atoms with Crippen LogP contribution in [0, 0.1) is 5.92 Å². The summed E-state index contributed by atoms with van der Waals surface area (Å²) in [6, 6.07) is 7.14. The molecule has 3 rings (SSSR count). The third-order valence-corrected chi connectivity index (χ3v) is 4.75. The first-order valence-corrected chi connectivity index (χ1v) is 8.05. The van der Waals surface area contributed by atoms with Crippen LogP contribution in [0.25, 0.3) is 0 Å². The number of carbonyl (C=O) groups excluding carboxylic acids is 2. The van der Waals surface area contributed by atoms with E-state index in [1.54, 1.807) is 27.7 Å². The number of carbonyl (C=O) groups is 2. The summed E-state index contributed by atoms with van der Waals surface area (Å²) in [5.74, 6) is -0.788. The number of anilines is 1. The number of aryl methyl sites for hydroxylation is 1. The van der Waals surface area contributed by atoms with Crippen molar-refractivity contribution in [2.24, 2.45) is 18.0 Å². The summed E-state index contributed by atoms with van der Waals surface area (Å²) in [5, 5.41) is 2.37. The first-order chi connectivity index (χ1) is 10.6. The van der Waals surface area contributed by atoms with Gasteiger partial charge in [-0.25, -0.2) is 0 Å². The number of para-hydroxylation sites is 1. The number of hydrogen-bond donors (Lipinski definition) is 0. The van der Waals surface area contributed by atoms with Crippen molar-refractivity contribution in [1.82, 2.24) is 4.57 Å². The van der Waals surface area contributed by atoms with Gasteiger partial charge in [0.15, 0.2) is 4.80 Å². The van der Waals surface area contributed by atoms with E-state index >= 15 is 0 Å². The van der Waals surface area contributed by atoms with E-state index in [1.807, 2.05) is 24.7 Å². The maximum atomic E-state index is 12.3. The van der Waals surface area contributed by atoms with Gasteiger partial charge in [0.25, 0.3) is 5.91 Å². The Morgan fingerprint density at radius 2 is 2.18 bits per heavy atom. The normalized spacial score (nSPS) is 19.0. The summed E-state index contributed by atoms with van der Waals surface area (Å²) in [4.78, 5) is 30.8. The predicted molar refractivity (Wildman–Crippen MR) is 85.8 cm³/mol. The Labute approximate surface area is 136 Å². The summed E-state index contributed by atoms with van der Waals surface area (Å²) in [6.45, 7) is 0.319. The summed E-state index contributed by atoms with van der Waals surface area (Å²) in [6.07, 6.45) is 2.01. The first kappa shape index (κ1) is 15.0. The van der Waals surface area contributed by atoms with Crippen molar-refractivity contribution in [3.8, 4) is 0 Å². The monoisotopic (exact) mass is 335 g/mol. The van der Waals surface area contributed by atoms with Crippen molar-refractivity contribution in [1.29, 1.82) is 0 Å². The molecular weight excluding hydrogens is 322 g/mol. The van der Waals surface area contributed by atoms with Crippen LogP contribution >= 0.6 is 22.9 Å². The molecule has 1 aliphatic rings. The minimum atomic E-state index is -0.425. The van der Waals surface area contributed by atoms with E-state index in [0.717, 1.165) is 0 Å². The fourth-order valence-corrected chi connectivity index (χ4v) is 3.37. The molecule has 7 heteroatoms. The second-order valence-corrected chi connectivity index (χ2v) is 6.38. The zero-order valence-electron chi connectivity index (χ0n) is 11.9. The Morgan fingerprint density at radius 3 is 2.86 bits per heavy atom. The lowest BCUT2D eigenvalue weighted by atomic mass is 10.1. The summed E-state index contributed by atoms with van der Waals surface area (Å²) in [5.41, 5.74) is 0.645. The molecule has 0 spiro atoms. The Hall–Kier alpha value is -1.92. The van der Waals surface area contributed by atoms with E-state index in [0.29, 0.717) is 22.1 Å². The van der Waals surface area contributed by atoms with Crippen molar-refractivity contribution < 1.29 is 9.59 Å². The van der Waals surface area contributed by atoms with Gasteiger partial charge in [-0.2, -0.15) is 4.99 Å². The highest BCUT2D eigenvalue weighted by Crippen LogP contribution is 2.31. The number of rotatable bonds is 2. The van der Waals surface area contributed by atoms with E-state index in [2.05, 4.69) is 4.99 Å². The van der Waals surface area contributed by atoms with Crippen molar-refractivity contribution in [2.45, 2.75) is 6.42 Å². The molecule has 5 nitrogen and oxygen atoms in total. The molecule has 2 aromatic rings. The summed E-state index contributed by atoms with van der Waals surface area (Å²) < 4.78 is 1.78. The van der Waals surface area contributed by atoms with Crippen LogP contribution in [-0.4, -0.2) is 22.9 Å². The molecule has 1 aliphatic heterocycles. The van der Waals surface area contributed by atoms with Gasteiger partial charge in [0.05, 0.1) is 16.6 Å². The van der Waals surface area contributed by atoms with Crippen LogP contribution in [0.2, 0.25) is 5.02 Å². The van der Waals surface area contributed by atoms with E-state index in [4.69, 9.17) is 11.6 Å². The van der Waals surface area contributed by atoms with Gasteiger partial charge in [-0.15, -0.1) is 11.3 Å². The maximum absolute atomic E-state index is 12.3. The number of hydrogen-bond acceptors (Lipinski definition) is 3.